The number of piperidine rings is 1. The van der Waals surface area contributed by atoms with Gasteiger partial charge in [0, 0.05) is 31.4 Å². The average molecular weight is 448 g/mol. The molecule has 1 aromatic carbocycles. The lowest BCUT2D eigenvalue weighted by Crippen LogP contribution is -2.47. The number of carbonyl (C=O) groups excluding carboxylic acids is 4. The standard InChI is InChI=1S/C23H33N3O6/c1-6-31-21(29)17-10-8-12-26(14-17)19(27)15-25(5)20(28)16-9-7-11-18(13-16)24-22(30)32-23(2,3)4/h7,9,11,13,17H,6,8,10,12,14-15H2,1-5H3,(H,24,30). The summed E-state index contributed by atoms with van der Waals surface area (Å²) in [5.74, 6) is -1.20. The van der Waals surface area contributed by atoms with E-state index in [1.165, 1.54) is 11.0 Å². The smallest absolute Gasteiger partial charge is 0.412 e. The van der Waals surface area contributed by atoms with Gasteiger partial charge in [-0.25, -0.2) is 4.79 Å². The van der Waals surface area contributed by atoms with Crippen LogP contribution >= 0.6 is 0 Å². The molecule has 32 heavy (non-hydrogen) atoms. The minimum absolute atomic E-state index is 0.113. The summed E-state index contributed by atoms with van der Waals surface area (Å²) in [5.41, 5.74) is 0.105. The van der Waals surface area contributed by atoms with Gasteiger partial charge in [-0.2, -0.15) is 0 Å². The van der Waals surface area contributed by atoms with Gasteiger partial charge in [-0.1, -0.05) is 6.07 Å². The van der Waals surface area contributed by atoms with Gasteiger partial charge >= 0.3 is 12.1 Å². The fraction of sp³-hybridized carbons (Fsp3) is 0.565. The van der Waals surface area contributed by atoms with E-state index >= 15 is 0 Å². The molecule has 1 saturated heterocycles. The van der Waals surface area contributed by atoms with Gasteiger partial charge in [0.15, 0.2) is 0 Å². The van der Waals surface area contributed by atoms with Crippen molar-refractivity contribution in [2.75, 3.05) is 38.6 Å². The highest BCUT2D eigenvalue weighted by Crippen LogP contribution is 2.19. The number of rotatable bonds is 6. The second-order valence-electron chi connectivity index (χ2n) is 8.80. The second kappa shape index (κ2) is 11.0. The van der Waals surface area contributed by atoms with Crippen LogP contribution in [-0.2, 0) is 19.1 Å². The Morgan fingerprint density at radius 1 is 1.22 bits per heavy atom. The largest absolute Gasteiger partial charge is 0.466 e. The topological polar surface area (TPSA) is 105 Å². The number of amides is 3. The van der Waals surface area contributed by atoms with Gasteiger partial charge in [-0.05, 0) is 58.7 Å². The average Bonchev–Trinajstić information content (AvgIpc) is 2.72. The van der Waals surface area contributed by atoms with Crippen molar-refractivity contribution in [2.24, 2.45) is 5.92 Å². The summed E-state index contributed by atoms with van der Waals surface area (Å²) in [7, 11) is 1.54. The molecule has 1 aliphatic heterocycles. The van der Waals surface area contributed by atoms with E-state index in [9.17, 15) is 19.2 Å². The number of carbonyl (C=O) groups is 4. The Kier molecular flexibility index (Phi) is 8.63. The summed E-state index contributed by atoms with van der Waals surface area (Å²) in [5, 5.41) is 2.60. The Morgan fingerprint density at radius 3 is 2.59 bits per heavy atom. The molecule has 3 amide bonds. The normalized spacial score (nSPS) is 16.2. The van der Waals surface area contributed by atoms with E-state index in [-0.39, 0.29) is 30.2 Å². The van der Waals surface area contributed by atoms with Crippen LogP contribution in [0.1, 0.15) is 50.9 Å². The van der Waals surface area contributed by atoms with E-state index in [0.29, 0.717) is 43.8 Å². The highest BCUT2D eigenvalue weighted by molar-refractivity contribution is 5.98. The molecule has 0 saturated carbocycles. The first kappa shape index (κ1) is 25.2. The van der Waals surface area contributed by atoms with Crippen LogP contribution in [0, 0.1) is 5.92 Å². The molecule has 2 rings (SSSR count). The fourth-order valence-corrected chi connectivity index (χ4v) is 3.40. The third-order valence-electron chi connectivity index (χ3n) is 4.87. The predicted molar refractivity (Wildman–Crippen MR) is 119 cm³/mol. The van der Waals surface area contributed by atoms with Gasteiger partial charge < -0.3 is 19.3 Å². The van der Waals surface area contributed by atoms with E-state index in [4.69, 9.17) is 9.47 Å². The number of hydrogen-bond donors (Lipinski definition) is 1. The van der Waals surface area contributed by atoms with E-state index in [2.05, 4.69) is 5.32 Å². The molecule has 0 radical (unpaired) electrons. The van der Waals surface area contributed by atoms with Crippen LogP contribution in [-0.4, -0.2) is 72.6 Å². The molecular formula is C23H33N3O6. The zero-order valence-electron chi connectivity index (χ0n) is 19.5. The molecule has 9 nitrogen and oxygen atoms in total. The van der Waals surface area contributed by atoms with Crippen LogP contribution in [0.4, 0.5) is 10.5 Å². The molecule has 1 aliphatic rings. The first-order chi connectivity index (χ1) is 15.0. The number of ether oxygens (including phenoxy) is 2. The van der Waals surface area contributed by atoms with E-state index in [0.717, 1.165) is 0 Å². The lowest BCUT2D eigenvalue weighted by Gasteiger charge is -2.32. The third-order valence-corrected chi connectivity index (χ3v) is 4.87. The lowest BCUT2D eigenvalue weighted by molar-refractivity contribution is -0.151. The van der Waals surface area contributed by atoms with Crippen LogP contribution in [0.15, 0.2) is 24.3 Å². The molecule has 0 aromatic heterocycles. The fourth-order valence-electron chi connectivity index (χ4n) is 3.40. The van der Waals surface area contributed by atoms with Crippen LogP contribution in [0.3, 0.4) is 0 Å². The van der Waals surface area contributed by atoms with Crippen molar-refractivity contribution in [1.82, 2.24) is 9.80 Å². The number of esters is 1. The maximum Gasteiger partial charge on any atom is 0.412 e. The Bertz CT molecular complexity index is 848. The molecule has 176 valence electrons. The van der Waals surface area contributed by atoms with E-state index < -0.39 is 11.7 Å². The molecule has 0 spiro atoms. The van der Waals surface area contributed by atoms with Crippen molar-refractivity contribution in [3.05, 3.63) is 29.8 Å². The molecular weight excluding hydrogens is 414 g/mol. The first-order valence-electron chi connectivity index (χ1n) is 10.8. The highest BCUT2D eigenvalue weighted by atomic mass is 16.6. The molecule has 0 bridgehead atoms. The van der Waals surface area contributed by atoms with Crippen LogP contribution in [0.5, 0.6) is 0 Å². The minimum atomic E-state index is -0.640. The summed E-state index contributed by atoms with van der Waals surface area (Å²) in [6, 6.07) is 6.44. The summed E-state index contributed by atoms with van der Waals surface area (Å²) < 4.78 is 10.3. The number of likely N-dealkylation sites (N-methyl/N-ethyl adjacent to an activating group) is 1. The SMILES string of the molecule is CCOC(=O)C1CCCN(C(=O)CN(C)C(=O)c2cccc(NC(=O)OC(C)(C)C)c2)C1. The number of hydrogen-bond acceptors (Lipinski definition) is 6. The lowest BCUT2D eigenvalue weighted by atomic mass is 9.98. The molecule has 9 heteroatoms. The van der Waals surface area contributed by atoms with Gasteiger partial charge in [-0.15, -0.1) is 0 Å². The maximum absolute atomic E-state index is 12.8. The van der Waals surface area contributed by atoms with E-state index in [1.54, 1.807) is 57.8 Å². The molecule has 1 N–H and O–H groups in total. The third kappa shape index (κ3) is 7.55. The van der Waals surface area contributed by atoms with Crippen molar-refractivity contribution >= 4 is 29.6 Å². The number of nitrogens with one attached hydrogen (secondary N) is 1. The summed E-state index contributed by atoms with van der Waals surface area (Å²) >= 11 is 0. The zero-order chi connectivity index (χ0) is 23.9. The molecule has 0 aliphatic carbocycles. The van der Waals surface area contributed by atoms with Crippen LogP contribution in [0.25, 0.3) is 0 Å². The molecule has 1 unspecified atom stereocenters. The predicted octanol–water partition coefficient (Wildman–Crippen LogP) is 2.91. The van der Waals surface area contributed by atoms with Crippen molar-refractivity contribution in [2.45, 2.75) is 46.1 Å². The summed E-state index contributed by atoms with van der Waals surface area (Å²) in [4.78, 5) is 52.4. The quantitative estimate of drug-likeness (QED) is 0.673. The highest BCUT2D eigenvalue weighted by Gasteiger charge is 2.30. The van der Waals surface area contributed by atoms with Gasteiger partial charge in [0.25, 0.3) is 5.91 Å². The Hall–Kier alpha value is -3.10. The maximum atomic E-state index is 12.8. The van der Waals surface area contributed by atoms with Gasteiger partial charge in [0.05, 0.1) is 19.1 Å². The Morgan fingerprint density at radius 2 is 1.94 bits per heavy atom. The van der Waals surface area contributed by atoms with Crippen LogP contribution in [0.2, 0.25) is 0 Å². The Labute approximate surface area is 189 Å². The van der Waals surface area contributed by atoms with Crippen molar-refractivity contribution in [3.63, 3.8) is 0 Å². The number of anilines is 1. The molecule has 1 atom stereocenters. The molecule has 1 fully saturated rings. The number of benzene rings is 1. The van der Waals surface area contributed by atoms with E-state index in [1.807, 2.05) is 0 Å². The monoisotopic (exact) mass is 447 g/mol. The van der Waals surface area contributed by atoms with Crippen molar-refractivity contribution in [1.29, 1.82) is 0 Å². The molecule has 1 aromatic rings. The zero-order valence-corrected chi connectivity index (χ0v) is 19.5. The molecule has 1 heterocycles. The van der Waals surface area contributed by atoms with Crippen LogP contribution < -0.4 is 5.32 Å². The minimum Gasteiger partial charge on any atom is -0.466 e. The van der Waals surface area contributed by atoms with Gasteiger partial charge in [0.1, 0.15) is 5.60 Å². The summed E-state index contributed by atoms with van der Waals surface area (Å²) in [6.07, 6.45) is 0.784. The Balaban J connectivity index is 1.96. The number of nitrogens with zero attached hydrogens (tertiary/aromatic N) is 2. The first-order valence-corrected chi connectivity index (χ1v) is 10.8. The summed E-state index contributed by atoms with van der Waals surface area (Å²) in [6.45, 7) is 8.07. The van der Waals surface area contributed by atoms with Gasteiger partial charge in [0.2, 0.25) is 5.91 Å². The number of likely N-dealkylation sites (tertiary alicyclic amines) is 1. The van der Waals surface area contributed by atoms with Gasteiger partial charge in [-0.3, -0.25) is 19.7 Å². The second-order valence-corrected chi connectivity index (χ2v) is 8.80. The van der Waals surface area contributed by atoms with Crippen molar-refractivity contribution < 1.29 is 28.7 Å². The van der Waals surface area contributed by atoms with Crippen molar-refractivity contribution in [3.8, 4) is 0 Å².